The molecule has 1 aromatic rings. The number of methoxy groups -OCH3 is 1. The van der Waals surface area contributed by atoms with Crippen LogP contribution in [-0.4, -0.2) is 67.6 Å². The molecule has 0 bridgehead atoms. The molecule has 0 spiro atoms. The molecule has 1 aromatic heterocycles. The van der Waals surface area contributed by atoms with Gasteiger partial charge in [0, 0.05) is 36.9 Å². The number of carbonyl (C=O) groups is 1. The maximum absolute atomic E-state index is 12.2. The Balaban J connectivity index is 1.88. The zero-order valence-corrected chi connectivity index (χ0v) is 14.8. The van der Waals surface area contributed by atoms with Crippen LogP contribution in [0.25, 0.3) is 0 Å². The summed E-state index contributed by atoms with van der Waals surface area (Å²) in [5.74, 6) is 0.642. The first kappa shape index (κ1) is 17.7. The molecule has 6 nitrogen and oxygen atoms in total. The van der Waals surface area contributed by atoms with Crippen molar-refractivity contribution >= 4 is 5.91 Å². The highest BCUT2D eigenvalue weighted by Gasteiger charge is 2.25. The molecule has 0 saturated carbocycles. The first-order valence-corrected chi connectivity index (χ1v) is 8.07. The van der Waals surface area contributed by atoms with Crippen LogP contribution in [0.3, 0.4) is 0 Å². The average Bonchev–Trinajstić information content (AvgIpc) is 2.94. The molecule has 0 aliphatic carbocycles. The summed E-state index contributed by atoms with van der Waals surface area (Å²) >= 11 is 0. The molecule has 1 aliphatic heterocycles. The lowest BCUT2D eigenvalue weighted by Gasteiger charge is -2.20. The summed E-state index contributed by atoms with van der Waals surface area (Å²) in [7, 11) is 5.79. The van der Waals surface area contributed by atoms with Gasteiger partial charge in [0.15, 0.2) is 0 Å². The minimum atomic E-state index is 0.0476. The summed E-state index contributed by atoms with van der Waals surface area (Å²) < 4.78 is 5.33. The summed E-state index contributed by atoms with van der Waals surface area (Å²) in [5, 5.41) is 2.99. The van der Waals surface area contributed by atoms with E-state index in [2.05, 4.69) is 34.2 Å². The molecular formula is C17H28N4O2. The number of nitrogens with zero attached hydrogens (tertiary/aromatic N) is 3. The second kappa shape index (κ2) is 7.75. The number of hydrogen-bond acceptors (Lipinski definition) is 5. The molecule has 1 amide bonds. The van der Waals surface area contributed by atoms with E-state index >= 15 is 0 Å². The van der Waals surface area contributed by atoms with E-state index in [9.17, 15) is 4.79 Å². The minimum absolute atomic E-state index is 0.0476. The average molecular weight is 320 g/mol. The number of likely N-dealkylation sites (N-methyl/N-ethyl adjacent to an activating group) is 1. The largest absolute Gasteiger partial charge is 0.481 e. The van der Waals surface area contributed by atoms with Gasteiger partial charge in [0.2, 0.25) is 11.8 Å². The second-order valence-corrected chi connectivity index (χ2v) is 6.49. The number of carbonyl (C=O) groups excluding carboxylic acids is 1. The van der Waals surface area contributed by atoms with E-state index in [0.717, 1.165) is 36.3 Å². The first-order chi connectivity index (χ1) is 10.9. The third-order valence-corrected chi connectivity index (χ3v) is 4.44. The van der Waals surface area contributed by atoms with Gasteiger partial charge in [-0.1, -0.05) is 0 Å². The van der Waals surface area contributed by atoms with Crippen molar-refractivity contribution in [2.24, 2.45) is 0 Å². The van der Waals surface area contributed by atoms with Crippen molar-refractivity contribution in [3.63, 3.8) is 0 Å². The normalized spacial score (nSPS) is 18.4. The van der Waals surface area contributed by atoms with Crippen molar-refractivity contribution in [1.29, 1.82) is 0 Å². The lowest BCUT2D eigenvalue weighted by Crippen LogP contribution is -2.38. The third-order valence-electron chi connectivity index (χ3n) is 4.44. The highest BCUT2D eigenvalue weighted by molar-refractivity contribution is 5.78. The number of likely N-dealkylation sites (tertiary alicyclic amines) is 1. The summed E-state index contributed by atoms with van der Waals surface area (Å²) in [6, 6.07) is 2.55. The van der Waals surface area contributed by atoms with Crippen LogP contribution in [0.4, 0.5) is 0 Å². The Morgan fingerprint density at radius 3 is 2.83 bits per heavy atom. The first-order valence-electron chi connectivity index (χ1n) is 8.07. The molecule has 1 atom stereocenters. The number of hydrogen-bond donors (Lipinski definition) is 1. The van der Waals surface area contributed by atoms with E-state index in [1.807, 2.05) is 19.9 Å². The van der Waals surface area contributed by atoms with Gasteiger partial charge in [-0.15, -0.1) is 0 Å². The van der Waals surface area contributed by atoms with Crippen LogP contribution in [0.15, 0.2) is 6.07 Å². The molecule has 1 saturated heterocycles. The summed E-state index contributed by atoms with van der Waals surface area (Å²) in [6.45, 7) is 6.78. The Morgan fingerprint density at radius 2 is 2.22 bits per heavy atom. The minimum Gasteiger partial charge on any atom is -0.481 e. The number of aromatic nitrogens is 1. The number of pyridine rings is 1. The fourth-order valence-electron chi connectivity index (χ4n) is 3.04. The molecule has 1 unspecified atom stereocenters. The molecule has 6 heteroatoms. The van der Waals surface area contributed by atoms with Gasteiger partial charge in [0.05, 0.1) is 13.7 Å². The van der Waals surface area contributed by atoms with Crippen molar-refractivity contribution in [3.8, 4) is 5.88 Å². The molecule has 1 aliphatic rings. The highest BCUT2D eigenvalue weighted by atomic mass is 16.5. The highest BCUT2D eigenvalue weighted by Crippen LogP contribution is 2.20. The fourth-order valence-corrected chi connectivity index (χ4v) is 3.04. The van der Waals surface area contributed by atoms with Crippen LogP contribution in [0.1, 0.15) is 23.2 Å². The van der Waals surface area contributed by atoms with Crippen molar-refractivity contribution < 1.29 is 9.53 Å². The number of nitrogens with one attached hydrogen (secondary N) is 1. The molecule has 2 rings (SSSR count). The zero-order chi connectivity index (χ0) is 17.0. The van der Waals surface area contributed by atoms with Crippen molar-refractivity contribution in [3.05, 3.63) is 22.9 Å². The van der Waals surface area contributed by atoms with Crippen LogP contribution in [-0.2, 0) is 11.3 Å². The smallest absolute Gasteiger partial charge is 0.234 e. The van der Waals surface area contributed by atoms with Crippen LogP contribution in [0.5, 0.6) is 5.88 Å². The van der Waals surface area contributed by atoms with E-state index in [0.29, 0.717) is 25.0 Å². The molecule has 0 aromatic carbocycles. The molecule has 23 heavy (non-hydrogen) atoms. The zero-order valence-electron chi connectivity index (χ0n) is 14.8. The fraction of sp³-hybridized carbons (Fsp3) is 0.647. The number of amides is 1. The van der Waals surface area contributed by atoms with E-state index in [1.54, 1.807) is 7.11 Å². The van der Waals surface area contributed by atoms with Gasteiger partial charge in [-0.25, -0.2) is 4.98 Å². The Labute approximate surface area is 138 Å². The van der Waals surface area contributed by atoms with Gasteiger partial charge in [0.1, 0.15) is 0 Å². The van der Waals surface area contributed by atoms with Crippen molar-refractivity contribution in [2.75, 3.05) is 40.8 Å². The number of aryl methyl sites for hydroxylation is 2. The lowest BCUT2D eigenvalue weighted by atomic mass is 10.1. The van der Waals surface area contributed by atoms with Gasteiger partial charge >= 0.3 is 0 Å². The third kappa shape index (κ3) is 4.65. The van der Waals surface area contributed by atoms with Crippen LogP contribution in [0, 0.1) is 13.8 Å². The van der Waals surface area contributed by atoms with Gasteiger partial charge in [-0.3, -0.25) is 9.69 Å². The lowest BCUT2D eigenvalue weighted by molar-refractivity contribution is -0.122. The van der Waals surface area contributed by atoms with E-state index in [-0.39, 0.29) is 5.91 Å². The summed E-state index contributed by atoms with van der Waals surface area (Å²) in [4.78, 5) is 21.0. The molecule has 1 fully saturated rings. The molecule has 128 valence electrons. The standard InChI is InChI=1S/C17H28N4O2/c1-12-8-13(2)19-17(23-5)15(12)9-18-16(22)11-21-7-6-14(10-21)20(3)4/h8,14H,6-7,9-11H2,1-5H3,(H,18,22). The van der Waals surface area contributed by atoms with Crippen LogP contribution >= 0.6 is 0 Å². The predicted octanol–water partition coefficient (Wildman–Crippen LogP) is 0.959. The quantitative estimate of drug-likeness (QED) is 0.846. The maximum atomic E-state index is 12.2. The topological polar surface area (TPSA) is 57.7 Å². The van der Waals surface area contributed by atoms with Crippen molar-refractivity contribution in [2.45, 2.75) is 32.9 Å². The Morgan fingerprint density at radius 1 is 1.48 bits per heavy atom. The van der Waals surface area contributed by atoms with Crippen molar-refractivity contribution in [1.82, 2.24) is 20.1 Å². The SMILES string of the molecule is COc1nc(C)cc(C)c1CNC(=O)CN1CCC(N(C)C)C1. The summed E-state index contributed by atoms with van der Waals surface area (Å²) in [5.41, 5.74) is 2.95. The van der Waals surface area contributed by atoms with Crippen LogP contribution < -0.4 is 10.1 Å². The predicted molar refractivity (Wildman–Crippen MR) is 90.6 cm³/mol. The molecule has 1 N–H and O–H groups in total. The monoisotopic (exact) mass is 320 g/mol. The van der Waals surface area contributed by atoms with E-state index in [1.165, 1.54) is 0 Å². The Bertz CT molecular complexity index is 560. The van der Waals surface area contributed by atoms with Gasteiger partial charge < -0.3 is 15.0 Å². The number of rotatable bonds is 6. The molecule has 2 heterocycles. The summed E-state index contributed by atoms with van der Waals surface area (Å²) in [6.07, 6.45) is 1.12. The van der Waals surface area contributed by atoms with Gasteiger partial charge in [0.25, 0.3) is 0 Å². The van der Waals surface area contributed by atoms with Gasteiger partial charge in [-0.05, 0) is 46.0 Å². The van der Waals surface area contributed by atoms with Crippen LogP contribution in [0.2, 0.25) is 0 Å². The Kier molecular flexibility index (Phi) is 5.96. The maximum Gasteiger partial charge on any atom is 0.234 e. The Hall–Kier alpha value is -1.66. The second-order valence-electron chi connectivity index (χ2n) is 6.49. The molecule has 0 radical (unpaired) electrons. The molecular weight excluding hydrogens is 292 g/mol. The number of ether oxygens (including phenoxy) is 1. The van der Waals surface area contributed by atoms with E-state index in [4.69, 9.17) is 4.74 Å². The van der Waals surface area contributed by atoms with Gasteiger partial charge in [-0.2, -0.15) is 0 Å². The van der Waals surface area contributed by atoms with E-state index < -0.39 is 0 Å².